The Hall–Kier alpha value is -2.54. The van der Waals surface area contributed by atoms with Crippen LogP contribution in [0.2, 0.25) is 0 Å². The monoisotopic (exact) mass is 483 g/mol. The molecule has 1 aliphatic heterocycles. The zero-order valence-corrected chi connectivity index (χ0v) is 21.3. The summed E-state index contributed by atoms with van der Waals surface area (Å²) in [6, 6.07) is 12.3. The van der Waals surface area contributed by atoms with Crippen molar-refractivity contribution in [2.24, 2.45) is 11.8 Å². The molecule has 1 saturated carbocycles. The average Bonchev–Trinajstić information content (AvgIpc) is 2.82. The second-order valence-corrected chi connectivity index (χ2v) is 11.7. The first kappa shape index (κ1) is 24.6. The summed E-state index contributed by atoms with van der Waals surface area (Å²) < 4.78 is 29.2. The SMILES string of the molecule is Cc1ccc(S(=O)(=O)Nc2cc(C(=O)NC3CCCC(C)C3C)ccc2N2CCCCC2)cc1. The molecule has 4 rings (SSSR count). The molecule has 2 aromatic carbocycles. The zero-order chi connectivity index (χ0) is 24.3. The van der Waals surface area contributed by atoms with Gasteiger partial charge in [0, 0.05) is 24.7 Å². The molecule has 2 fully saturated rings. The van der Waals surface area contributed by atoms with Crippen molar-refractivity contribution in [3.63, 3.8) is 0 Å². The fourth-order valence-electron chi connectivity index (χ4n) is 5.13. The van der Waals surface area contributed by atoms with Crippen LogP contribution in [-0.2, 0) is 10.0 Å². The summed E-state index contributed by atoms with van der Waals surface area (Å²) in [5, 5.41) is 3.21. The van der Waals surface area contributed by atoms with Crippen molar-refractivity contribution in [1.82, 2.24) is 5.32 Å². The summed E-state index contributed by atoms with van der Waals surface area (Å²) in [4.78, 5) is 15.6. The van der Waals surface area contributed by atoms with Gasteiger partial charge in [0.25, 0.3) is 15.9 Å². The van der Waals surface area contributed by atoms with Gasteiger partial charge in [-0.05, 0) is 74.8 Å². The van der Waals surface area contributed by atoms with Gasteiger partial charge < -0.3 is 10.2 Å². The molecule has 0 aromatic heterocycles. The Labute approximate surface area is 204 Å². The molecule has 1 amide bonds. The number of hydrogen-bond donors (Lipinski definition) is 2. The van der Waals surface area contributed by atoms with Crippen LogP contribution < -0.4 is 14.9 Å². The fraction of sp³-hybridized carbons (Fsp3) is 0.519. The minimum absolute atomic E-state index is 0.144. The number of carbonyl (C=O) groups excluding carboxylic acids is 1. The molecule has 0 spiro atoms. The predicted molar refractivity (Wildman–Crippen MR) is 138 cm³/mol. The first-order chi connectivity index (χ1) is 16.2. The topological polar surface area (TPSA) is 78.5 Å². The number of piperidine rings is 1. The molecular weight excluding hydrogens is 446 g/mol. The Kier molecular flexibility index (Phi) is 7.51. The molecule has 7 heteroatoms. The highest BCUT2D eigenvalue weighted by Gasteiger charge is 2.29. The van der Waals surface area contributed by atoms with Crippen LogP contribution in [0.3, 0.4) is 0 Å². The van der Waals surface area contributed by atoms with Crippen molar-refractivity contribution >= 4 is 27.3 Å². The minimum atomic E-state index is -3.79. The third-order valence-electron chi connectivity index (χ3n) is 7.55. The van der Waals surface area contributed by atoms with Crippen LogP contribution >= 0.6 is 0 Å². The second kappa shape index (κ2) is 10.4. The number of aryl methyl sites for hydroxylation is 1. The third-order valence-corrected chi connectivity index (χ3v) is 8.94. The summed E-state index contributed by atoms with van der Waals surface area (Å²) in [6.45, 7) is 8.13. The highest BCUT2D eigenvalue weighted by Crippen LogP contribution is 2.33. The zero-order valence-electron chi connectivity index (χ0n) is 20.5. The van der Waals surface area contributed by atoms with E-state index in [-0.39, 0.29) is 16.8 Å². The van der Waals surface area contributed by atoms with E-state index in [1.165, 1.54) is 12.8 Å². The maximum Gasteiger partial charge on any atom is 0.261 e. The number of hydrogen-bond acceptors (Lipinski definition) is 4. The van der Waals surface area contributed by atoms with Crippen molar-refractivity contribution < 1.29 is 13.2 Å². The maximum atomic E-state index is 13.2. The lowest BCUT2D eigenvalue weighted by atomic mass is 9.78. The first-order valence-electron chi connectivity index (χ1n) is 12.5. The summed E-state index contributed by atoms with van der Waals surface area (Å²) in [7, 11) is -3.79. The largest absolute Gasteiger partial charge is 0.370 e. The molecule has 2 aromatic rings. The fourth-order valence-corrected chi connectivity index (χ4v) is 6.19. The lowest BCUT2D eigenvalue weighted by Gasteiger charge is -2.34. The molecule has 0 radical (unpaired) electrons. The number of rotatable bonds is 6. The van der Waals surface area contributed by atoms with Gasteiger partial charge in [-0.2, -0.15) is 0 Å². The van der Waals surface area contributed by atoms with Crippen LogP contribution in [0.5, 0.6) is 0 Å². The van der Waals surface area contributed by atoms with Crippen molar-refractivity contribution in [2.75, 3.05) is 22.7 Å². The summed E-state index contributed by atoms with van der Waals surface area (Å²) in [6.07, 6.45) is 6.62. The minimum Gasteiger partial charge on any atom is -0.370 e. The number of sulfonamides is 1. The van der Waals surface area contributed by atoms with Crippen LogP contribution in [0.1, 0.15) is 68.3 Å². The molecule has 0 bridgehead atoms. The lowest BCUT2D eigenvalue weighted by molar-refractivity contribution is 0.0891. The number of amides is 1. The number of anilines is 2. The van der Waals surface area contributed by atoms with Crippen molar-refractivity contribution in [2.45, 2.75) is 70.2 Å². The molecule has 34 heavy (non-hydrogen) atoms. The van der Waals surface area contributed by atoms with Gasteiger partial charge >= 0.3 is 0 Å². The Morgan fingerprint density at radius 2 is 1.65 bits per heavy atom. The molecule has 1 heterocycles. The summed E-state index contributed by atoms with van der Waals surface area (Å²) in [5.74, 6) is 0.856. The van der Waals surface area contributed by atoms with Crippen LogP contribution in [-0.4, -0.2) is 33.5 Å². The van der Waals surface area contributed by atoms with Gasteiger partial charge in [-0.15, -0.1) is 0 Å². The van der Waals surface area contributed by atoms with E-state index in [0.717, 1.165) is 50.0 Å². The quantitative estimate of drug-likeness (QED) is 0.581. The summed E-state index contributed by atoms with van der Waals surface area (Å²) >= 11 is 0. The van der Waals surface area contributed by atoms with Crippen LogP contribution in [0, 0.1) is 18.8 Å². The molecule has 1 saturated heterocycles. The predicted octanol–water partition coefficient (Wildman–Crippen LogP) is 5.34. The maximum absolute atomic E-state index is 13.2. The Morgan fingerprint density at radius 1 is 0.941 bits per heavy atom. The van der Waals surface area contributed by atoms with E-state index < -0.39 is 10.0 Å². The normalized spacial score (nSPS) is 23.4. The van der Waals surface area contributed by atoms with Crippen LogP contribution in [0.15, 0.2) is 47.4 Å². The molecule has 184 valence electrons. The van der Waals surface area contributed by atoms with Crippen LogP contribution in [0.4, 0.5) is 11.4 Å². The Morgan fingerprint density at radius 3 is 2.35 bits per heavy atom. The number of nitrogens with zero attached hydrogens (tertiary/aromatic N) is 1. The Balaban J connectivity index is 1.62. The first-order valence-corrected chi connectivity index (χ1v) is 14.0. The van der Waals surface area contributed by atoms with E-state index in [9.17, 15) is 13.2 Å². The summed E-state index contributed by atoms with van der Waals surface area (Å²) in [5.41, 5.74) is 2.76. The van der Waals surface area contributed by atoms with Gasteiger partial charge in [0.2, 0.25) is 0 Å². The van der Waals surface area contributed by atoms with E-state index in [0.29, 0.717) is 23.1 Å². The van der Waals surface area contributed by atoms with Gasteiger partial charge in [0.1, 0.15) is 0 Å². The molecule has 2 N–H and O–H groups in total. The highest BCUT2D eigenvalue weighted by atomic mass is 32.2. The van der Waals surface area contributed by atoms with Crippen molar-refractivity contribution in [3.05, 3.63) is 53.6 Å². The number of nitrogens with one attached hydrogen (secondary N) is 2. The van der Waals surface area contributed by atoms with Crippen LogP contribution in [0.25, 0.3) is 0 Å². The number of carbonyl (C=O) groups is 1. The highest BCUT2D eigenvalue weighted by molar-refractivity contribution is 7.92. The van der Waals surface area contributed by atoms with E-state index in [2.05, 4.69) is 28.8 Å². The third kappa shape index (κ3) is 5.57. The van der Waals surface area contributed by atoms with Gasteiger partial charge in [-0.25, -0.2) is 8.42 Å². The molecule has 6 nitrogen and oxygen atoms in total. The standard InChI is InChI=1S/C27H37N3O3S/c1-19-10-13-23(14-11-19)34(32,33)29-25-18-22(12-15-26(25)30-16-5-4-6-17-30)27(31)28-24-9-7-8-20(2)21(24)3/h10-15,18,20-21,24,29H,4-9,16-17H2,1-3H3,(H,28,31). The molecule has 2 aliphatic rings. The van der Waals surface area contributed by atoms with E-state index in [1.807, 2.05) is 19.1 Å². The van der Waals surface area contributed by atoms with Crippen molar-refractivity contribution in [1.29, 1.82) is 0 Å². The molecule has 3 unspecified atom stereocenters. The van der Waals surface area contributed by atoms with E-state index >= 15 is 0 Å². The van der Waals surface area contributed by atoms with Gasteiger partial charge in [0.05, 0.1) is 16.3 Å². The van der Waals surface area contributed by atoms with Gasteiger partial charge in [-0.1, -0.05) is 44.4 Å². The van der Waals surface area contributed by atoms with E-state index in [4.69, 9.17) is 0 Å². The molecular formula is C27H37N3O3S. The van der Waals surface area contributed by atoms with Gasteiger partial charge in [-0.3, -0.25) is 9.52 Å². The number of benzene rings is 2. The van der Waals surface area contributed by atoms with Gasteiger partial charge in [0.15, 0.2) is 0 Å². The lowest BCUT2D eigenvalue weighted by Crippen LogP contribution is -2.43. The smallest absolute Gasteiger partial charge is 0.261 e. The Bertz CT molecular complexity index is 1110. The molecule has 3 atom stereocenters. The van der Waals surface area contributed by atoms with E-state index in [1.54, 1.807) is 30.3 Å². The molecule has 1 aliphatic carbocycles. The van der Waals surface area contributed by atoms with Crippen molar-refractivity contribution in [3.8, 4) is 0 Å². The average molecular weight is 484 g/mol. The second-order valence-electron chi connectivity index (χ2n) is 10.0.